The average Bonchev–Trinajstić information content (AvgIpc) is 3.28. The van der Waals surface area contributed by atoms with E-state index in [0.717, 1.165) is 57.8 Å². The Bertz CT molecular complexity index is 978. The number of hydrogen-bond acceptors (Lipinski definition) is 6. The van der Waals surface area contributed by atoms with Gasteiger partial charge < -0.3 is 14.2 Å². The van der Waals surface area contributed by atoms with Crippen LogP contribution >= 0.6 is 0 Å². The molecule has 0 aliphatic rings. The molecule has 0 spiro atoms. The van der Waals surface area contributed by atoms with E-state index in [2.05, 4.69) is 32.9 Å². The van der Waals surface area contributed by atoms with E-state index in [9.17, 15) is 14.4 Å². The molecule has 0 radical (unpaired) electrons. The molecule has 0 amide bonds. The Morgan fingerprint density at radius 1 is 0.302 bits per heavy atom. The van der Waals surface area contributed by atoms with E-state index >= 15 is 0 Å². The summed E-state index contributed by atoms with van der Waals surface area (Å²) in [7, 11) is 0. The Kier molecular flexibility index (Phi) is 51.2. The predicted octanol–water partition coefficient (Wildman–Crippen LogP) is 18.5. The summed E-state index contributed by atoms with van der Waals surface area (Å²) in [5.41, 5.74) is 0. The lowest BCUT2D eigenvalue weighted by atomic mass is 10.0. The molecule has 0 aliphatic carbocycles. The van der Waals surface area contributed by atoms with Gasteiger partial charge in [-0.25, -0.2) is 0 Å². The first-order valence-corrected chi connectivity index (χ1v) is 28.2. The molecule has 6 nitrogen and oxygen atoms in total. The van der Waals surface area contributed by atoms with E-state index in [1.807, 2.05) is 0 Å². The van der Waals surface area contributed by atoms with E-state index in [-0.39, 0.29) is 31.1 Å². The fourth-order valence-electron chi connectivity index (χ4n) is 8.50. The highest BCUT2D eigenvalue weighted by atomic mass is 16.6. The number of ether oxygens (including phenoxy) is 3. The van der Waals surface area contributed by atoms with Gasteiger partial charge in [0.1, 0.15) is 13.2 Å². The summed E-state index contributed by atoms with van der Waals surface area (Å²) >= 11 is 0. The molecule has 0 aliphatic heterocycles. The first-order valence-electron chi connectivity index (χ1n) is 28.2. The van der Waals surface area contributed by atoms with Gasteiger partial charge in [0.25, 0.3) is 0 Å². The minimum absolute atomic E-state index is 0.0660. The summed E-state index contributed by atoms with van der Waals surface area (Å²) in [6.07, 6.45) is 59.4. The van der Waals surface area contributed by atoms with Crippen LogP contribution in [-0.4, -0.2) is 37.2 Å². The molecule has 6 heteroatoms. The number of rotatable bonds is 52. The molecule has 0 aromatic carbocycles. The highest BCUT2D eigenvalue weighted by Gasteiger charge is 2.19. The zero-order valence-corrected chi connectivity index (χ0v) is 42.6. The van der Waals surface area contributed by atoms with Gasteiger partial charge in [-0.1, -0.05) is 264 Å². The largest absolute Gasteiger partial charge is 0.462 e. The first-order chi connectivity index (χ1) is 31.0. The summed E-state index contributed by atoms with van der Waals surface area (Å²) in [5, 5.41) is 0. The zero-order chi connectivity index (χ0) is 45.8. The molecule has 372 valence electrons. The van der Waals surface area contributed by atoms with Crippen molar-refractivity contribution in [1.82, 2.24) is 0 Å². The maximum absolute atomic E-state index is 12.8. The number of esters is 3. The highest BCUT2D eigenvalue weighted by Crippen LogP contribution is 2.17. The van der Waals surface area contributed by atoms with E-state index in [1.54, 1.807) is 0 Å². The maximum Gasteiger partial charge on any atom is 0.306 e. The van der Waals surface area contributed by atoms with Crippen LogP contribution in [-0.2, 0) is 28.6 Å². The normalized spacial score (nSPS) is 12.0. The standard InChI is InChI=1S/C57H108O6/c1-4-7-10-13-16-18-20-22-24-26-28-30-32-34-36-38-41-44-47-50-56(59)62-53-54(52-61-55(58)49-46-43-40-15-12-9-6-3)63-57(60)51-48-45-42-39-37-35-33-31-29-27-25-23-21-19-17-14-11-8-5-2/h22,24,54H,4-21,23,25-53H2,1-3H3/b24-22-. The monoisotopic (exact) mass is 889 g/mol. The van der Waals surface area contributed by atoms with Crippen LogP contribution in [0, 0.1) is 0 Å². The van der Waals surface area contributed by atoms with Crippen molar-refractivity contribution >= 4 is 17.9 Å². The third kappa shape index (κ3) is 51.0. The van der Waals surface area contributed by atoms with Crippen LogP contribution in [0.25, 0.3) is 0 Å². The number of carbonyl (C=O) groups excluding carboxylic acids is 3. The molecule has 0 fully saturated rings. The minimum atomic E-state index is -0.763. The molecule has 63 heavy (non-hydrogen) atoms. The van der Waals surface area contributed by atoms with Crippen LogP contribution in [0.15, 0.2) is 12.2 Å². The van der Waals surface area contributed by atoms with Gasteiger partial charge in [0, 0.05) is 19.3 Å². The quantitative estimate of drug-likeness (QED) is 0.0262. The fraction of sp³-hybridized carbons (Fsp3) is 0.912. The molecular formula is C57H108O6. The van der Waals surface area contributed by atoms with Crippen LogP contribution in [0.2, 0.25) is 0 Å². The lowest BCUT2D eigenvalue weighted by Crippen LogP contribution is -2.30. The van der Waals surface area contributed by atoms with Gasteiger partial charge in [0.15, 0.2) is 6.10 Å². The third-order valence-corrected chi connectivity index (χ3v) is 12.8. The molecule has 1 unspecified atom stereocenters. The van der Waals surface area contributed by atoms with Crippen LogP contribution < -0.4 is 0 Å². The van der Waals surface area contributed by atoms with Crippen LogP contribution in [0.5, 0.6) is 0 Å². The molecule has 0 heterocycles. The van der Waals surface area contributed by atoms with Crippen molar-refractivity contribution in [2.75, 3.05) is 13.2 Å². The van der Waals surface area contributed by atoms with Gasteiger partial charge in [-0.05, 0) is 44.9 Å². The summed E-state index contributed by atoms with van der Waals surface area (Å²) in [5.74, 6) is -0.854. The Morgan fingerprint density at radius 3 is 0.794 bits per heavy atom. The summed E-state index contributed by atoms with van der Waals surface area (Å²) in [6.45, 7) is 6.64. The second-order valence-corrected chi connectivity index (χ2v) is 19.2. The molecule has 0 saturated carbocycles. The van der Waals surface area contributed by atoms with Crippen molar-refractivity contribution in [3.8, 4) is 0 Å². The van der Waals surface area contributed by atoms with Crippen molar-refractivity contribution in [2.45, 2.75) is 322 Å². The number of carbonyl (C=O) groups is 3. The molecule has 0 saturated heterocycles. The number of unbranched alkanes of at least 4 members (excludes halogenated alkanes) is 39. The Hall–Kier alpha value is -1.85. The number of hydrogen-bond donors (Lipinski definition) is 0. The number of allylic oxidation sites excluding steroid dienone is 2. The van der Waals surface area contributed by atoms with Gasteiger partial charge in [-0.15, -0.1) is 0 Å². The van der Waals surface area contributed by atoms with E-state index in [0.29, 0.717) is 19.3 Å². The first kappa shape index (κ1) is 61.1. The average molecular weight is 889 g/mol. The van der Waals surface area contributed by atoms with Crippen LogP contribution in [0.1, 0.15) is 316 Å². The molecule has 0 aromatic rings. The van der Waals surface area contributed by atoms with Gasteiger partial charge in [-0.3, -0.25) is 14.4 Å². The minimum Gasteiger partial charge on any atom is -0.462 e. The molecule has 0 rings (SSSR count). The smallest absolute Gasteiger partial charge is 0.306 e. The Morgan fingerprint density at radius 2 is 0.524 bits per heavy atom. The molecular weight excluding hydrogens is 781 g/mol. The summed E-state index contributed by atoms with van der Waals surface area (Å²) in [4.78, 5) is 37.9. The third-order valence-electron chi connectivity index (χ3n) is 12.8. The lowest BCUT2D eigenvalue weighted by molar-refractivity contribution is -0.167. The molecule has 0 bridgehead atoms. The van der Waals surface area contributed by atoms with Crippen molar-refractivity contribution < 1.29 is 28.6 Å². The molecule has 0 N–H and O–H groups in total. The highest BCUT2D eigenvalue weighted by molar-refractivity contribution is 5.71. The fourth-order valence-corrected chi connectivity index (χ4v) is 8.50. The SMILES string of the molecule is CCCCCCCC/C=C\CCCCCCCCCCCC(=O)OCC(COC(=O)CCCCCCCCC)OC(=O)CCCCCCCCCCCCCCCCCCCCC. The topological polar surface area (TPSA) is 78.9 Å². The van der Waals surface area contributed by atoms with Gasteiger partial charge in [0.2, 0.25) is 0 Å². The van der Waals surface area contributed by atoms with Crippen molar-refractivity contribution in [2.24, 2.45) is 0 Å². The zero-order valence-electron chi connectivity index (χ0n) is 42.6. The second-order valence-electron chi connectivity index (χ2n) is 19.2. The van der Waals surface area contributed by atoms with Crippen LogP contribution in [0.3, 0.4) is 0 Å². The molecule has 1 atom stereocenters. The van der Waals surface area contributed by atoms with Crippen molar-refractivity contribution in [3.63, 3.8) is 0 Å². The van der Waals surface area contributed by atoms with Gasteiger partial charge in [0.05, 0.1) is 0 Å². The van der Waals surface area contributed by atoms with Crippen molar-refractivity contribution in [3.05, 3.63) is 12.2 Å². The second kappa shape index (κ2) is 52.8. The van der Waals surface area contributed by atoms with Gasteiger partial charge in [-0.2, -0.15) is 0 Å². The maximum atomic E-state index is 12.8. The Balaban J connectivity index is 4.16. The Labute approximate surface area is 392 Å². The molecule has 0 aromatic heterocycles. The summed E-state index contributed by atoms with van der Waals surface area (Å²) < 4.78 is 16.8. The summed E-state index contributed by atoms with van der Waals surface area (Å²) in [6, 6.07) is 0. The lowest BCUT2D eigenvalue weighted by Gasteiger charge is -2.18. The van der Waals surface area contributed by atoms with E-state index < -0.39 is 6.10 Å². The van der Waals surface area contributed by atoms with E-state index in [4.69, 9.17) is 14.2 Å². The van der Waals surface area contributed by atoms with E-state index in [1.165, 1.54) is 218 Å². The van der Waals surface area contributed by atoms with Crippen molar-refractivity contribution in [1.29, 1.82) is 0 Å². The predicted molar refractivity (Wildman–Crippen MR) is 270 cm³/mol. The van der Waals surface area contributed by atoms with Gasteiger partial charge >= 0.3 is 17.9 Å². The van der Waals surface area contributed by atoms with Crippen LogP contribution in [0.4, 0.5) is 0 Å².